The van der Waals surface area contributed by atoms with Gasteiger partial charge in [0.05, 0.1) is 30.6 Å². The lowest BCUT2D eigenvalue weighted by atomic mass is 10.1. The molecule has 47 heavy (non-hydrogen) atoms. The lowest BCUT2D eigenvalue weighted by Crippen LogP contribution is -2.43. The number of hydrogen-bond acceptors (Lipinski definition) is 9. The number of carbonyl (C=O) groups is 2. The van der Waals surface area contributed by atoms with E-state index in [1.54, 1.807) is 74.1 Å². The van der Waals surface area contributed by atoms with Gasteiger partial charge >= 0.3 is 12.1 Å². The Kier molecular flexibility index (Phi) is 8.14. The molecule has 246 valence electrons. The third-order valence-electron chi connectivity index (χ3n) is 7.95. The number of aromatic nitrogens is 2. The molecule has 0 radical (unpaired) electrons. The molecule has 6 rings (SSSR count). The van der Waals surface area contributed by atoms with Crippen LogP contribution in [0.2, 0.25) is 0 Å². The smallest absolute Gasteiger partial charge is 0.435 e. The van der Waals surface area contributed by atoms with Crippen molar-refractivity contribution in [2.75, 3.05) is 25.1 Å². The Balaban J connectivity index is 1.43. The monoisotopic (exact) mass is 643 g/mol. The van der Waals surface area contributed by atoms with Gasteiger partial charge in [0.1, 0.15) is 29.3 Å². The first-order valence-corrected chi connectivity index (χ1v) is 15.3. The van der Waals surface area contributed by atoms with Crippen molar-refractivity contribution >= 4 is 34.4 Å². The standard InChI is InChI=1S/C34H37N5O8/c1-33(2,3)47-32(41)38-27-15-12-23(17-26(27)30(35-38)22-10-13-25(44-6)14-11-22)37-20-29-28(45-34(4,5)46-29)19-36(31(37)40)18-21-8-7-9-24(16-21)39(42)43/h7-17,28-29H,18-20H2,1-6H3/t28-,29-/m0/s1. The molecular formula is C34H37N5O8. The minimum atomic E-state index is -0.862. The number of amides is 2. The van der Waals surface area contributed by atoms with Crippen LogP contribution in [0.3, 0.4) is 0 Å². The highest BCUT2D eigenvalue weighted by Gasteiger charge is 2.47. The first-order chi connectivity index (χ1) is 22.2. The molecule has 13 nitrogen and oxygen atoms in total. The minimum Gasteiger partial charge on any atom is -0.497 e. The van der Waals surface area contributed by atoms with Crippen molar-refractivity contribution in [3.8, 4) is 17.0 Å². The highest BCUT2D eigenvalue weighted by Crippen LogP contribution is 2.37. The van der Waals surface area contributed by atoms with E-state index in [1.807, 2.05) is 32.0 Å². The Morgan fingerprint density at radius 2 is 1.74 bits per heavy atom. The van der Waals surface area contributed by atoms with Crippen molar-refractivity contribution in [3.05, 3.63) is 82.4 Å². The summed E-state index contributed by atoms with van der Waals surface area (Å²) in [5.41, 5.74) is 2.12. The van der Waals surface area contributed by atoms with Gasteiger partial charge in [-0.1, -0.05) is 12.1 Å². The molecule has 2 fully saturated rings. The number of fused-ring (bicyclic) bond motifs is 2. The van der Waals surface area contributed by atoms with E-state index in [4.69, 9.17) is 18.9 Å². The molecular weight excluding hydrogens is 606 g/mol. The van der Waals surface area contributed by atoms with Gasteiger partial charge in [-0.25, -0.2) is 9.59 Å². The van der Waals surface area contributed by atoms with Crippen molar-refractivity contribution in [1.29, 1.82) is 0 Å². The van der Waals surface area contributed by atoms with Gasteiger partial charge in [-0.3, -0.25) is 15.0 Å². The zero-order valence-electron chi connectivity index (χ0n) is 27.1. The maximum absolute atomic E-state index is 14.3. The lowest BCUT2D eigenvalue weighted by molar-refractivity contribution is -0.384. The Bertz CT molecular complexity index is 1850. The summed E-state index contributed by atoms with van der Waals surface area (Å²) in [7, 11) is 1.58. The number of nitro groups is 1. The molecule has 3 aromatic carbocycles. The third kappa shape index (κ3) is 6.62. The fourth-order valence-corrected chi connectivity index (χ4v) is 5.96. The molecule has 2 saturated heterocycles. The van der Waals surface area contributed by atoms with E-state index < -0.39 is 34.6 Å². The van der Waals surface area contributed by atoms with Crippen LogP contribution in [0.15, 0.2) is 66.7 Å². The van der Waals surface area contributed by atoms with Crippen LogP contribution in [0.4, 0.5) is 21.0 Å². The molecule has 0 aliphatic carbocycles. The number of non-ortho nitro benzene ring substituents is 1. The Labute approximate surface area is 271 Å². The van der Waals surface area contributed by atoms with Crippen LogP contribution in [0.5, 0.6) is 5.75 Å². The molecule has 0 saturated carbocycles. The van der Waals surface area contributed by atoms with Gasteiger partial charge < -0.3 is 23.8 Å². The second-order valence-electron chi connectivity index (χ2n) is 13.1. The fraction of sp³-hybridized carbons (Fsp3) is 0.382. The number of carbonyl (C=O) groups excluding carboxylic acids is 2. The van der Waals surface area contributed by atoms with Crippen LogP contribution >= 0.6 is 0 Å². The summed E-state index contributed by atoms with van der Waals surface area (Å²) in [6.45, 7) is 9.56. The van der Waals surface area contributed by atoms with Gasteiger partial charge in [-0.05, 0) is 82.6 Å². The molecule has 0 bridgehead atoms. The summed E-state index contributed by atoms with van der Waals surface area (Å²) >= 11 is 0. The van der Waals surface area contributed by atoms with E-state index in [9.17, 15) is 19.7 Å². The first-order valence-electron chi connectivity index (χ1n) is 15.3. The average molecular weight is 644 g/mol. The van der Waals surface area contributed by atoms with Crippen molar-refractivity contribution in [3.63, 3.8) is 0 Å². The maximum atomic E-state index is 14.3. The topological polar surface area (TPSA) is 138 Å². The predicted molar refractivity (Wildman–Crippen MR) is 173 cm³/mol. The second-order valence-corrected chi connectivity index (χ2v) is 13.1. The molecule has 3 heterocycles. The Morgan fingerprint density at radius 3 is 2.40 bits per heavy atom. The van der Waals surface area contributed by atoms with Crippen LogP contribution in [0.25, 0.3) is 22.2 Å². The van der Waals surface area contributed by atoms with Gasteiger partial charge in [0, 0.05) is 35.3 Å². The minimum absolute atomic E-state index is 0.0559. The van der Waals surface area contributed by atoms with Gasteiger partial charge in [-0.2, -0.15) is 9.78 Å². The molecule has 0 spiro atoms. The second kappa shape index (κ2) is 12.0. The average Bonchev–Trinajstić information content (AvgIpc) is 3.50. The normalized spacial score (nSPS) is 19.4. The molecule has 2 atom stereocenters. The number of nitro benzene ring substituents is 1. The van der Waals surface area contributed by atoms with E-state index in [0.29, 0.717) is 33.6 Å². The molecule has 2 amide bonds. The summed E-state index contributed by atoms with van der Waals surface area (Å²) < 4.78 is 24.7. The zero-order valence-corrected chi connectivity index (χ0v) is 27.1. The number of anilines is 1. The molecule has 13 heteroatoms. The number of rotatable bonds is 6. The number of benzene rings is 3. The summed E-state index contributed by atoms with van der Waals surface area (Å²) in [5, 5.41) is 16.7. The highest BCUT2D eigenvalue weighted by atomic mass is 16.8. The molecule has 1 aromatic heterocycles. The van der Waals surface area contributed by atoms with Gasteiger partial charge in [0.2, 0.25) is 0 Å². The van der Waals surface area contributed by atoms with Crippen LogP contribution in [-0.4, -0.2) is 75.5 Å². The van der Waals surface area contributed by atoms with Gasteiger partial charge in [0.25, 0.3) is 5.69 Å². The number of nitrogens with zero attached hydrogens (tertiary/aromatic N) is 5. The summed E-state index contributed by atoms with van der Waals surface area (Å²) in [6, 6.07) is 18.6. The van der Waals surface area contributed by atoms with Gasteiger partial charge in [-0.15, -0.1) is 0 Å². The SMILES string of the molecule is COc1ccc(-c2nn(C(=O)OC(C)(C)C)c3ccc(N4C[C@@H]5OC(C)(C)O[C@H]5CN(Cc5cccc([N+](=O)[O-])c5)C4=O)cc23)cc1. The molecule has 2 aliphatic rings. The first kappa shape index (κ1) is 32.0. The van der Waals surface area contributed by atoms with Crippen LogP contribution < -0.4 is 9.64 Å². The lowest BCUT2D eigenvalue weighted by Gasteiger charge is -2.30. The number of ether oxygens (including phenoxy) is 4. The summed E-state index contributed by atoms with van der Waals surface area (Å²) in [6.07, 6.45) is -1.50. The Morgan fingerprint density at radius 1 is 1.04 bits per heavy atom. The largest absolute Gasteiger partial charge is 0.497 e. The Hall–Kier alpha value is -5.01. The number of hydrogen-bond donors (Lipinski definition) is 0. The van der Waals surface area contributed by atoms with Crippen molar-refractivity contribution < 1.29 is 33.5 Å². The maximum Gasteiger partial charge on any atom is 0.435 e. The van der Waals surface area contributed by atoms with Gasteiger partial charge in [0.15, 0.2) is 5.79 Å². The third-order valence-corrected chi connectivity index (χ3v) is 7.95. The molecule has 0 N–H and O–H groups in total. The van der Waals surface area contributed by atoms with Crippen LogP contribution in [0, 0.1) is 10.1 Å². The summed E-state index contributed by atoms with van der Waals surface area (Å²) in [4.78, 5) is 41.8. The molecule has 0 unspecified atom stereocenters. The van der Waals surface area contributed by atoms with Crippen molar-refractivity contribution in [1.82, 2.24) is 14.7 Å². The predicted octanol–water partition coefficient (Wildman–Crippen LogP) is 6.37. The number of methoxy groups -OCH3 is 1. The van der Waals surface area contributed by atoms with E-state index in [-0.39, 0.29) is 31.4 Å². The fourth-order valence-electron chi connectivity index (χ4n) is 5.96. The summed E-state index contributed by atoms with van der Waals surface area (Å²) in [5.74, 6) is -0.195. The van der Waals surface area contributed by atoms with Crippen LogP contribution in [-0.2, 0) is 20.8 Å². The van der Waals surface area contributed by atoms with E-state index in [0.717, 1.165) is 5.56 Å². The quantitative estimate of drug-likeness (QED) is 0.173. The van der Waals surface area contributed by atoms with Crippen LogP contribution in [0.1, 0.15) is 40.2 Å². The van der Waals surface area contributed by atoms with E-state index in [2.05, 4.69) is 5.10 Å². The van der Waals surface area contributed by atoms with E-state index >= 15 is 0 Å². The molecule has 4 aromatic rings. The molecule has 2 aliphatic heterocycles. The zero-order chi connectivity index (χ0) is 33.7. The number of urea groups is 1. The van der Waals surface area contributed by atoms with E-state index in [1.165, 1.54) is 16.8 Å². The van der Waals surface area contributed by atoms with Crippen molar-refractivity contribution in [2.24, 2.45) is 0 Å². The van der Waals surface area contributed by atoms with Crippen molar-refractivity contribution in [2.45, 2.75) is 64.8 Å². The highest BCUT2D eigenvalue weighted by molar-refractivity contribution is 6.02.